The molecule has 2 atom stereocenters. The molecule has 0 radical (unpaired) electrons. The highest BCUT2D eigenvalue weighted by atomic mass is 16.5. The molecular weight excluding hydrogens is 192 g/mol. The molecule has 1 fully saturated rings. The summed E-state index contributed by atoms with van der Waals surface area (Å²) in [6, 6.07) is 0. The van der Waals surface area contributed by atoms with Crippen molar-refractivity contribution in [3.05, 3.63) is 0 Å². The van der Waals surface area contributed by atoms with Gasteiger partial charge in [-0.2, -0.15) is 0 Å². The van der Waals surface area contributed by atoms with Crippen molar-refractivity contribution in [2.24, 2.45) is 0 Å². The zero-order valence-electron chi connectivity index (χ0n) is 10.1. The van der Waals surface area contributed by atoms with Crippen LogP contribution in [-0.2, 0) is 4.74 Å². The molecule has 1 saturated heterocycles. The van der Waals surface area contributed by atoms with E-state index >= 15 is 0 Å². The normalized spacial score (nSPS) is 27.6. The number of nitrogens with one attached hydrogen (secondary N) is 1. The number of rotatable bonds is 5. The van der Waals surface area contributed by atoms with Gasteiger partial charge in [0, 0.05) is 19.6 Å². The minimum absolute atomic E-state index is 0.173. The minimum Gasteiger partial charge on any atom is -0.394 e. The molecule has 1 heterocycles. The molecule has 4 heteroatoms. The fourth-order valence-electron chi connectivity index (χ4n) is 2.12. The first-order valence-electron chi connectivity index (χ1n) is 5.79. The Labute approximate surface area is 92.6 Å². The van der Waals surface area contributed by atoms with Crippen molar-refractivity contribution in [3.63, 3.8) is 0 Å². The van der Waals surface area contributed by atoms with E-state index in [0.29, 0.717) is 6.10 Å². The summed E-state index contributed by atoms with van der Waals surface area (Å²) in [6.07, 6.45) is 0.309. The van der Waals surface area contributed by atoms with E-state index in [4.69, 9.17) is 4.74 Å². The van der Waals surface area contributed by atoms with Gasteiger partial charge in [0.25, 0.3) is 0 Å². The van der Waals surface area contributed by atoms with Crippen LogP contribution in [0.3, 0.4) is 0 Å². The van der Waals surface area contributed by atoms with Crippen molar-refractivity contribution < 1.29 is 9.84 Å². The third-order valence-electron chi connectivity index (χ3n) is 2.85. The van der Waals surface area contributed by atoms with Crippen LogP contribution in [0.5, 0.6) is 0 Å². The quantitative estimate of drug-likeness (QED) is 0.682. The average Bonchev–Trinajstić information content (AvgIpc) is 2.18. The Kier molecular flexibility index (Phi) is 4.99. The van der Waals surface area contributed by atoms with E-state index in [1.54, 1.807) is 0 Å². The van der Waals surface area contributed by atoms with Crippen molar-refractivity contribution in [3.8, 4) is 0 Å². The minimum atomic E-state index is -0.189. The molecule has 0 aromatic rings. The number of ether oxygens (including phenoxy) is 1. The van der Waals surface area contributed by atoms with Crippen LogP contribution in [-0.4, -0.2) is 61.0 Å². The third-order valence-corrected chi connectivity index (χ3v) is 2.85. The van der Waals surface area contributed by atoms with E-state index in [1.165, 1.54) is 0 Å². The van der Waals surface area contributed by atoms with Gasteiger partial charge < -0.3 is 15.2 Å². The summed E-state index contributed by atoms with van der Waals surface area (Å²) in [5.74, 6) is 0. The average molecular weight is 216 g/mol. The summed E-state index contributed by atoms with van der Waals surface area (Å²) in [5, 5.41) is 12.7. The first-order valence-corrected chi connectivity index (χ1v) is 5.79. The number of hydrogen-bond donors (Lipinski definition) is 2. The van der Waals surface area contributed by atoms with Crippen molar-refractivity contribution >= 4 is 0 Å². The van der Waals surface area contributed by atoms with E-state index in [-0.39, 0.29) is 12.1 Å². The zero-order valence-corrected chi connectivity index (χ0v) is 10.1. The highest BCUT2D eigenvalue weighted by Gasteiger charge is 2.27. The van der Waals surface area contributed by atoms with E-state index < -0.39 is 0 Å². The molecule has 0 bridgehead atoms. The molecule has 0 amide bonds. The van der Waals surface area contributed by atoms with E-state index in [1.807, 2.05) is 0 Å². The van der Waals surface area contributed by atoms with Gasteiger partial charge in [0.05, 0.1) is 24.9 Å². The second kappa shape index (κ2) is 5.80. The van der Waals surface area contributed by atoms with E-state index in [0.717, 1.165) is 32.8 Å². The maximum absolute atomic E-state index is 9.39. The Hall–Kier alpha value is -0.160. The molecule has 4 nitrogen and oxygen atoms in total. The van der Waals surface area contributed by atoms with Gasteiger partial charge in [-0.3, -0.25) is 4.90 Å². The lowest BCUT2D eigenvalue weighted by Gasteiger charge is -2.38. The van der Waals surface area contributed by atoms with Gasteiger partial charge in [0.2, 0.25) is 0 Å². The number of hydrogen-bond acceptors (Lipinski definition) is 4. The van der Waals surface area contributed by atoms with Crippen LogP contribution in [0.4, 0.5) is 0 Å². The molecule has 0 saturated carbocycles. The number of aliphatic hydroxyl groups is 1. The van der Waals surface area contributed by atoms with Crippen molar-refractivity contribution in [2.75, 3.05) is 39.4 Å². The summed E-state index contributed by atoms with van der Waals surface area (Å²) >= 11 is 0. The number of nitrogens with zero attached hydrogens (tertiary/aromatic N) is 1. The molecule has 0 spiro atoms. The van der Waals surface area contributed by atoms with E-state index in [2.05, 4.69) is 31.0 Å². The van der Waals surface area contributed by atoms with Crippen molar-refractivity contribution in [2.45, 2.75) is 32.4 Å². The summed E-state index contributed by atoms with van der Waals surface area (Å²) in [6.45, 7) is 10.9. The first-order chi connectivity index (χ1) is 7.09. The SMILES string of the molecule is CCNC(C)(CO)CN1CCOC(C)C1. The Bertz CT molecular complexity index is 189. The predicted octanol–water partition coefficient (Wildman–Crippen LogP) is 0.0676. The van der Waals surface area contributed by atoms with Crippen LogP contribution in [0.2, 0.25) is 0 Å². The van der Waals surface area contributed by atoms with Crippen molar-refractivity contribution in [1.29, 1.82) is 0 Å². The van der Waals surface area contributed by atoms with E-state index in [9.17, 15) is 5.11 Å². The van der Waals surface area contributed by atoms with Crippen molar-refractivity contribution in [1.82, 2.24) is 10.2 Å². The highest BCUT2D eigenvalue weighted by molar-refractivity contribution is 4.87. The smallest absolute Gasteiger partial charge is 0.0674 e. The van der Waals surface area contributed by atoms with Gasteiger partial charge in [-0.25, -0.2) is 0 Å². The Morgan fingerprint density at radius 1 is 1.60 bits per heavy atom. The number of morpholine rings is 1. The van der Waals surface area contributed by atoms with Crippen LogP contribution in [0.15, 0.2) is 0 Å². The van der Waals surface area contributed by atoms with Gasteiger partial charge in [-0.05, 0) is 20.4 Å². The van der Waals surface area contributed by atoms with Crippen LogP contribution < -0.4 is 5.32 Å². The topological polar surface area (TPSA) is 44.7 Å². The highest BCUT2D eigenvalue weighted by Crippen LogP contribution is 2.10. The van der Waals surface area contributed by atoms with Crippen LogP contribution in [0.1, 0.15) is 20.8 Å². The lowest BCUT2D eigenvalue weighted by atomic mass is 10.0. The monoisotopic (exact) mass is 216 g/mol. The van der Waals surface area contributed by atoms with Gasteiger partial charge in [-0.15, -0.1) is 0 Å². The first kappa shape index (κ1) is 12.9. The summed E-state index contributed by atoms with van der Waals surface area (Å²) in [5.41, 5.74) is -0.189. The lowest BCUT2D eigenvalue weighted by molar-refractivity contribution is -0.0300. The Morgan fingerprint density at radius 3 is 2.87 bits per heavy atom. The summed E-state index contributed by atoms with van der Waals surface area (Å²) in [7, 11) is 0. The molecule has 0 aromatic carbocycles. The van der Waals surface area contributed by atoms with Gasteiger partial charge in [-0.1, -0.05) is 6.92 Å². The summed E-state index contributed by atoms with van der Waals surface area (Å²) in [4.78, 5) is 2.35. The molecule has 2 unspecified atom stereocenters. The lowest BCUT2D eigenvalue weighted by Crippen LogP contribution is -2.56. The molecule has 0 aliphatic carbocycles. The van der Waals surface area contributed by atoms with Crippen LogP contribution >= 0.6 is 0 Å². The molecule has 15 heavy (non-hydrogen) atoms. The standard InChI is InChI=1S/C11H24N2O2/c1-4-12-11(3,9-14)8-13-5-6-15-10(2)7-13/h10,12,14H,4-9H2,1-3H3. The Morgan fingerprint density at radius 2 is 2.33 bits per heavy atom. The molecule has 1 rings (SSSR count). The molecule has 2 N–H and O–H groups in total. The van der Waals surface area contributed by atoms with Gasteiger partial charge in [0.1, 0.15) is 0 Å². The second-order valence-electron chi connectivity index (χ2n) is 4.67. The van der Waals surface area contributed by atoms with Gasteiger partial charge >= 0.3 is 0 Å². The van der Waals surface area contributed by atoms with Crippen LogP contribution in [0, 0.1) is 0 Å². The number of likely N-dealkylation sites (N-methyl/N-ethyl adjacent to an activating group) is 1. The number of aliphatic hydroxyl groups excluding tert-OH is 1. The third kappa shape index (κ3) is 4.07. The molecular formula is C11H24N2O2. The summed E-state index contributed by atoms with van der Waals surface area (Å²) < 4.78 is 5.49. The molecule has 1 aliphatic rings. The van der Waals surface area contributed by atoms with Crippen LogP contribution in [0.25, 0.3) is 0 Å². The molecule has 90 valence electrons. The maximum atomic E-state index is 9.39. The maximum Gasteiger partial charge on any atom is 0.0674 e. The molecule has 0 aromatic heterocycles. The predicted molar refractivity (Wildman–Crippen MR) is 61.0 cm³/mol. The molecule has 1 aliphatic heterocycles. The fraction of sp³-hybridized carbons (Fsp3) is 1.00. The largest absolute Gasteiger partial charge is 0.394 e. The zero-order chi connectivity index (χ0) is 11.3. The second-order valence-corrected chi connectivity index (χ2v) is 4.67. The van der Waals surface area contributed by atoms with Gasteiger partial charge in [0.15, 0.2) is 0 Å². The Balaban J connectivity index is 2.43. The fourth-order valence-corrected chi connectivity index (χ4v) is 2.12.